The summed E-state index contributed by atoms with van der Waals surface area (Å²) in [5.74, 6) is 0.545. The molecule has 0 radical (unpaired) electrons. The number of hydrogen-bond donors (Lipinski definition) is 2. The quantitative estimate of drug-likeness (QED) is 0.813. The van der Waals surface area contributed by atoms with E-state index in [0.717, 1.165) is 13.0 Å². The van der Waals surface area contributed by atoms with Crippen molar-refractivity contribution in [3.05, 3.63) is 35.9 Å². The van der Waals surface area contributed by atoms with Gasteiger partial charge in [0.2, 0.25) is 0 Å². The second-order valence-electron chi connectivity index (χ2n) is 4.77. The molecular weight excluding hydrogens is 214 g/mol. The van der Waals surface area contributed by atoms with Crippen molar-refractivity contribution in [1.29, 1.82) is 0 Å². The number of ether oxygens (including phenoxy) is 1. The molecule has 3 heteroatoms. The Morgan fingerprint density at radius 3 is 2.76 bits per heavy atom. The van der Waals surface area contributed by atoms with Crippen molar-refractivity contribution in [3.8, 4) is 0 Å². The summed E-state index contributed by atoms with van der Waals surface area (Å²) in [6.45, 7) is 4.24. The largest absolute Gasteiger partial charge is 0.389 e. The van der Waals surface area contributed by atoms with E-state index in [-0.39, 0.29) is 12.1 Å². The lowest BCUT2D eigenvalue weighted by Gasteiger charge is -2.17. The van der Waals surface area contributed by atoms with Gasteiger partial charge in [-0.3, -0.25) is 0 Å². The first-order valence-corrected chi connectivity index (χ1v) is 6.31. The van der Waals surface area contributed by atoms with Crippen LogP contribution in [0.2, 0.25) is 0 Å². The van der Waals surface area contributed by atoms with Crippen LogP contribution in [0.4, 0.5) is 0 Å². The average Bonchev–Trinajstić information content (AvgIpc) is 2.76. The Bertz CT molecular complexity index is 328. The molecule has 1 fully saturated rings. The molecule has 0 aromatic heterocycles. The monoisotopic (exact) mass is 235 g/mol. The van der Waals surface area contributed by atoms with Gasteiger partial charge < -0.3 is 15.2 Å². The minimum absolute atomic E-state index is 0.109. The maximum absolute atomic E-state index is 9.58. The molecule has 94 valence electrons. The van der Waals surface area contributed by atoms with Gasteiger partial charge in [0.15, 0.2) is 0 Å². The first kappa shape index (κ1) is 12.6. The van der Waals surface area contributed by atoms with Crippen molar-refractivity contribution in [3.63, 3.8) is 0 Å². The maximum Gasteiger partial charge on any atom is 0.0948 e. The summed E-state index contributed by atoms with van der Waals surface area (Å²) in [4.78, 5) is 0. The molecule has 2 N–H and O–H groups in total. The molecule has 1 heterocycles. The highest BCUT2D eigenvalue weighted by Gasteiger charge is 2.25. The summed E-state index contributed by atoms with van der Waals surface area (Å²) in [5.41, 5.74) is 1.37. The summed E-state index contributed by atoms with van der Waals surface area (Å²) in [6, 6.07) is 10.6. The Balaban J connectivity index is 1.71. The topological polar surface area (TPSA) is 41.5 Å². The Morgan fingerprint density at radius 1 is 1.35 bits per heavy atom. The molecule has 3 nitrogen and oxygen atoms in total. The van der Waals surface area contributed by atoms with Gasteiger partial charge >= 0.3 is 0 Å². The molecule has 0 saturated carbocycles. The lowest BCUT2D eigenvalue weighted by atomic mass is 9.98. The molecule has 0 spiro atoms. The van der Waals surface area contributed by atoms with Crippen LogP contribution in [-0.4, -0.2) is 37.0 Å². The summed E-state index contributed by atoms with van der Waals surface area (Å²) in [5, 5.41) is 12.9. The third-order valence-corrected chi connectivity index (χ3v) is 3.40. The molecule has 0 aliphatic carbocycles. The Hall–Kier alpha value is -0.900. The molecular formula is C14H21NO2. The maximum atomic E-state index is 9.58. The fraction of sp³-hybridized carbons (Fsp3) is 0.571. The minimum Gasteiger partial charge on any atom is -0.389 e. The number of aliphatic hydroxyl groups is 1. The summed E-state index contributed by atoms with van der Waals surface area (Å²) in [6.07, 6.45) is 0.731. The van der Waals surface area contributed by atoms with Gasteiger partial charge in [0.1, 0.15) is 0 Å². The van der Waals surface area contributed by atoms with Crippen molar-refractivity contribution in [2.24, 2.45) is 0 Å². The first-order valence-electron chi connectivity index (χ1n) is 6.31. The van der Waals surface area contributed by atoms with Gasteiger partial charge in [0.05, 0.1) is 25.4 Å². The highest BCUT2D eigenvalue weighted by molar-refractivity contribution is 5.18. The number of rotatable bonds is 5. The third kappa shape index (κ3) is 3.53. The van der Waals surface area contributed by atoms with Gasteiger partial charge in [-0.25, -0.2) is 0 Å². The zero-order valence-corrected chi connectivity index (χ0v) is 10.3. The smallest absolute Gasteiger partial charge is 0.0948 e. The summed E-state index contributed by atoms with van der Waals surface area (Å²) < 4.78 is 5.20. The van der Waals surface area contributed by atoms with Crippen molar-refractivity contribution in [1.82, 2.24) is 5.32 Å². The van der Waals surface area contributed by atoms with Crippen LogP contribution in [0.15, 0.2) is 30.3 Å². The van der Waals surface area contributed by atoms with E-state index in [1.165, 1.54) is 5.56 Å². The van der Waals surface area contributed by atoms with E-state index in [1.807, 2.05) is 6.07 Å². The van der Waals surface area contributed by atoms with Crippen molar-refractivity contribution < 1.29 is 9.84 Å². The molecule has 3 atom stereocenters. The number of benzene rings is 1. The van der Waals surface area contributed by atoms with Gasteiger partial charge in [-0.15, -0.1) is 0 Å². The van der Waals surface area contributed by atoms with Crippen LogP contribution >= 0.6 is 0 Å². The van der Waals surface area contributed by atoms with E-state index in [1.54, 1.807) is 0 Å². The number of hydrogen-bond acceptors (Lipinski definition) is 3. The SMILES string of the molecule is CC(CCNC1COCC1O)c1ccccc1. The van der Waals surface area contributed by atoms with E-state index >= 15 is 0 Å². The average molecular weight is 235 g/mol. The second-order valence-corrected chi connectivity index (χ2v) is 4.77. The van der Waals surface area contributed by atoms with E-state index in [2.05, 4.69) is 36.5 Å². The fourth-order valence-electron chi connectivity index (χ4n) is 2.17. The zero-order chi connectivity index (χ0) is 12.1. The molecule has 1 aliphatic rings. The van der Waals surface area contributed by atoms with E-state index in [9.17, 15) is 5.11 Å². The number of nitrogens with one attached hydrogen (secondary N) is 1. The van der Waals surface area contributed by atoms with E-state index in [4.69, 9.17) is 4.74 Å². The molecule has 1 aromatic carbocycles. The van der Waals surface area contributed by atoms with Crippen molar-refractivity contribution >= 4 is 0 Å². The van der Waals surface area contributed by atoms with E-state index in [0.29, 0.717) is 19.1 Å². The highest BCUT2D eigenvalue weighted by atomic mass is 16.5. The molecule has 17 heavy (non-hydrogen) atoms. The molecule has 1 aromatic rings. The van der Waals surface area contributed by atoms with Crippen LogP contribution in [0, 0.1) is 0 Å². The Labute approximate surface area is 103 Å². The fourth-order valence-corrected chi connectivity index (χ4v) is 2.17. The van der Waals surface area contributed by atoms with Crippen LogP contribution in [0.5, 0.6) is 0 Å². The molecule has 0 amide bonds. The van der Waals surface area contributed by atoms with E-state index < -0.39 is 0 Å². The normalized spacial score (nSPS) is 26.0. The third-order valence-electron chi connectivity index (χ3n) is 3.40. The first-order chi connectivity index (χ1) is 8.27. The number of aliphatic hydroxyl groups excluding tert-OH is 1. The molecule has 1 saturated heterocycles. The lowest BCUT2D eigenvalue weighted by Crippen LogP contribution is -2.39. The zero-order valence-electron chi connectivity index (χ0n) is 10.3. The molecule has 0 bridgehead atoms. The van der Waals surface area contributed by atoms with Gasteiger partial charge in [-0.05, 0) is 24.4 Å². The van der Waals surface area contributed by atoms with Gasteiger partial charge in [-0.2, -0.15) is 0 Å². The Morgan fingerprint density at radius 2 is 2.12 bits per heavy atom. The lowest BCUT2D eigenvalue weighted by molar-refractivity contribution is 0.122. The van der Waals surface area contributed by atoms with Crippen LogP contribution in [0.3, 0.4) is 0 Å². The van der Waals surface area contributed by atoms with Crippen molar-refractivity contribution in [2.75, 3.05) is 19.8 Å². The predicted octanol–water partition coefficient (Wildman–Crippen LogP) is 1.53. The van der Waals surface area contributed by atoms with Gasteiger partial charge in [0.25, 0.3) is 0 Å². The Kier molecular flexibility index (Phi) is 4.54. The molecule has 3 unspecified atom stereocenters. The highest BCUT2D eigenvalue weighted by Crippen LogP contribution is 2.17. The standard InChI is InChI=1S/C14H21NO2/c1-11(12-5-3-2-4-6-12)7-8-15-13-9-17-10-14(13)16/h2-6,11,13-16H,7-10H2,1H3. The van der Waals surface area contributed by atoms with Crippen LogP contribution < -0.4 is 5.32 Å². The predicted molar refractivity (Wildman–Crippen MR) is 68.1 cm³/mol. The molecule has 1 aliphatic heterocycles. The van der Waals surface area contributed by atoms with Crippen LogP contribution in [0.25, 0.3) is 0 Å². The minimum atomic E-state index is -0.345. The van der Waals surface area contributed by atoms with Crippen molar-refractivity contribution in [2.45, 2.75) is 31.4 Å². The van der Waals surface area contributed by atoms with Crippen LogP contribution in [-0.2, 0) is 4.74 Å². The van der Waals surface area contributed by atoms with Gasteiger partial charge in [-0.1, -0.05) is 37.3 Å². The summed E-state index contributed by atoms with van der Waals surface area (Å²) in [7, 11) is 0. The second kappa shape index (κ2) is 6.15. The molecule has 2 rings (SSSR count). The summed E-state index contributed by atoms with van der Waals surface area (Å²) >= 11 is 0. The van der Waals surface area contributed by atoms with Gasteiger partial charge in [0, 0.05) is 0 Å². The van der Waals surface area contributed by atoms with Crippen LogP contribution in [0.1, 0.15) is 24.8 Å².